The zero-order valence-corrected chi connectivity index (χ0v) is 13.4. The number of ether oxygens (including phenoxy) is 2. The first-order chi connectivity index (χ1) is 10.1. The maximum atomic E-state index is 10.4. The van der Waals surface area contributed by atoms with Crippen LogP contribution in [-0.4, -0.2) is 43.1 Å². The van der Waals surface area contributed by atoms with E-state index in [1.165, 1.54) is 0 Å². The highest BCUT2D eigenvalue weighted by Crippen LogP contribution is 2.36. The molecule has 0 saturated heterocycles. The summed E-state index contributed by atoms with van der Waals surface area (Å²) in [6, 6.07) is 3.64. The van der Waals surface area contributed by atoms with E-state index in [9.17, 15) is 5.11 Å². The molecule has 5 nitrogen and oxygen atoms in total. The molecule has 2 atom stereocenters. The first-order valence-corrected chi connectivity index (χ1v) is 7.46. The smallest absolute Gasteiger partial charge is 0.166 e. The number of fused-ring (bicyclic) bond motifs is 1. The van der Waals surface area contributed by atoms with Crippen LogP contribution in [0.5, 0.6) is 11.5 Å². The van der Waals surface area contributed by atoms with Crippen molar-refractivity contribution in [3.05, 3.63) is 23.3 Å². The number of aliphatic hydroxyl groups is 1. The van der Waals surface area contributed by atoms with Gasteiger partial charge in [0.2, 0.25) is 0 Å². The SMILES string of the molecule is CCNC(=S)NC1Cc2c(OC)ccc(OC)c2CC1O. The summed E-state index contributed by atoms with van der Waals surface area (Å²) >= 11 is 5.21. The summed E-state index contributed by atoms with van der Waals surface area (Å²) in [6.45, 7) is 2.73. The van der Waals surface area contributed by atoms with Crippen molar-refractivity contribution in [3.8, 4) is 11.5 Å². The number of benzene rings is 1. The van der Waals surface area contributed by atoms with E-state index in [0.717, 1.165) is 29.2 Å². The van der Waals surface area contributed by atoms with E-state index in [0.29, 0.717) is 18.0 Å². The molecule has 0 fully saturated rings. The number of hydrogen-bond acceptors (Lipinski definition) is 4. The Bertz CT molecular complexity index is 522. The Balaban J connectivity index is 2.26. The van der Waals surface area contributed by atoms with Gasteiger partial charge in [-0.05, 0) is 37.7 Å². The fraction of sp³-hybridized carbons (Fsp3) is 0.533. The van der Waals surface area contributed by atoms with E-state index < -0.39 is 6.10 Å². The topological polar surface area (TPSA) is 62.8 Å². The standard InChI is InChI=1S/C15H22N2O3S/c1-4-16-15(21)17-11-7-9-10(8-12(11)18)14(20-3)6-5-13(9)19-2/h5-6,11-12,18H,4,7-8H2,1-3H3,(H2,16,17,21). The van der Waals surface area contributed by atoms with Gasteiger partial charge >= 0.3 is 0 Å². The molecular formula is C15H22N2O3S. The van der Waals surface area contributed by atoms with Gasteiger partial charge in [0.25, 0.3) is 0 Å². The minimum atomic E-state index is -0.518. The number of aliphatic hydroxyl groups excluding tert-OH is 1. The lowest BCUT2D eigenvalue weighted by atomic mass is 9.85. The Morgan fingerprint density at radius 1 is 1.24 bits per heavy atom. The van der Waals surface area contributed by atoms with Crippen molar-refractivity contribution in [2.24, 2.45) is 0 Å². The van der Waals surface area contributed by atoms with Crippen LogP contribution in [0.3, 0.4) is 0 Å². The Morgan fingerprint density at radius 2 is 1.81 bits per heavy atom. The molecule has 0 radical (unpaired) electrons. The van der Waals surface area contributed by atoms with E-state index in [4.69, 9.17) is 21.7 Å². The molecule has 1 aromatic rings. The van der Waals surface area contributed by atoms with Gasteiger partial charge in [-0.1, -0.05) is 0 Å². The van der Waals surface area contributed by atoms with E-state index in [-0.39, 0.29) is 6.04 Å². The average molecular weight is 310 g/mol. The van der Waals surface area contributed by atoms with Gasteiger partial charge in [0.05, 0.1) is 26.4 Å². The number of hydrogen-bond donors (Lipinski definition) is 3. The third-order valence-corrected chi connectivity index (χ3v) is 4.00. The Kier molecular flexibility index (Phi) is 5.25. The summed E-state index contributed by atoms with van der Waals surface area (Å²) < 4.78 is 10.8. The summed E-state index contributed by atoms with van der Waals surface area (Å²) in [5.74, 6) is 1.61. The summed E-state index contributed by atoms with van der Waals surface area (Å²) in [4.78, 5) is 0. The summed E-state index contributed by atoms with van der Waals surface area (Å²) in [7, 11) is 3.29. The van der Waals surface area contributed by atoms with Gasteiger partial charge in [0, 0.05) is 24.1 Å². The lowest BCUT2D eigenvalue weighted by Crippen LogP contribution is -2.51. The summed E-state index contributed by atoms with van der Waals surface area (Å²) in [5, 5.41) is 17.1. The molecule has 0 heterocycles. The quantitative estimate of drug-likeness (QED) is 0.722. The van der Waals surface area contributed by atoms with E-state index in [2.05, 4.69) is 10.6 Å². The second-order valence-electron chi connectivity index (χ2n) is 5.01. The van der Waals surface area contributed by atoms with Crippen LogP contribution in [0.1, 0.15) is 18.1 Å². The molecule has 1 aliphatic rings. The predicted molar refractivity (Wildman–Crippen MR) is 86.2 cm³/mol. The molecule has 2 rings (SSSR count). The molecule has 0 saturated carbocycles. The molecule has 21 heavy (non-hydrogen) atoms. The molecule has 0 spiro atoms. The molecule has 0 amide bonds. The first kappa shape index (κ1) is 15.9. The van der Waals surface area contributed by atoms with Crippen LogP contribution in [-0.2, 0) is 12.8 Å². The van der Waals surface area contributed by atoms with Crippen molar-refractivity contribution in [2.75, 3.05) is 20.8 Å². The van der Waals surface area contributed by atoms with E-state index in [1.54, 1.807) is 14.2 Å². The fourth-order valence-electron chi connectivity index (χ4n) is 2.71. The molecule has 1 aliphatic carbocycles. The van der Waals surface area contributed by atoms with Crippen molar-refractivity contribution < 1.29 is 14.6 Å². The van der Waals surface area contributed by atoms with Gasteiger partial charge in [-0.15, -0.1) is 0 Å². The lowest BCUT2D eigenvalue weighted by Gasteiger charge is -2.32. The average Bonchev–Trinajstić information content (AvgIpc) is 2.47. The monoisotopic (exact) mass is 310 g/mol. The molecule has 0 bridgehead atoms. The largest absolute Gasteiger partial charge is 0.496 e. The van der Waals surface area contributed by atoms with Crippen LogP contribution < -0.4 is 20.1 Å². The number of methoxy groups -OCH3 is 2. The first-order valence-electron chi connectivity index (χ1n) is 7.05. The molecule has 1 aromatic carbocycles. The van der Waals surface area contributed by atoms with E-state index >= 15 is 0 Å². The zero-order chi connectivity index (χ0) is 15.4. The van der Waals surface area contributed by atoms with Crippen LogP contribution in [0.25, 0.3) is 0 Å². The zero-order valence-electron chi connectivity index (χ0n) is 12.6. The third kappa shape index (κ3) is 3.39. The van der Waals surface area contributed by atoms with E-state index in [1.807, 2.05) is 19.1 Å². The van der Waals surface area contributed by atoms with Crippen molar-refractivity contribution in [1.29, 1.82) is 0 Å². The van der Waals surface area contributed by atoms with Gasteiger partial charge in [-0.25, -0.2) is 0 Å². The maximum Gasteiger partial charge on any atom is 0.166 e. The number of nitrogens with one attached hydrogen (secondary N) is 2. The molecule has 0 aliphatic heterocycles. The molecule has 0 aromatic heterocycles. The van der Waals surface area contributed by atoms with Crippen LogP contribution in [0.2, 0.25) is 0 Å². The summed E-state index contributed by atoms with van der Waals surface area (Å²) in [5.41, 5.74) is 2.08. The second-order valence-corrected chi connectivity index (χ2v) is 5.42. The van der Waals surface area contributed by atoms with Gasteiger partial charge in [-0.3, -0.25) is 0 Å². The predicted octanol–water partition coefficient (Wildman–Crippen LogP) is 1.02. The van der Waals surface area contributed by atoms with Crippen molar-refractivity contribution in [2.45, 2.75) is 31.9 Å². The lowest BCUT2D eigenvalue weighted by molar-refractivity contribution is 0.126. The van der Waals surface area contributed by atoms with Crippen LogP contribution >= 0.6 is 12.2 Å². The number of rotatable bonds is 4. The van der Waals surface area contributed by atoms with Crippen molar-refractivity contribution in [1.82, 2.24) is 10.6 Å². The van der Waals surface area contributed by atoms with Gasteiger partial charge in [-0.2, -0.15) is 0 Å². The van der Waals surface area contributed by atoms with Gasteiger partial charge in [0.15, 0.2) is 5.11 Å². The van der Waals surface area contributed by atoms with Crippen LogP contribution in [0.15, 0.2) is 12.1 Å². The number of thiocarbonyl (C=S) groups is 1. The fourth-order valence-corrected chi connectivity index (χ4v) is 3.01. The minimum Gasteiger partial charge on any atom is -0.496 e. The van der Waals surface area contributed by atoms with Crippen LogP contribution in [0, 0.1) is 0 Å². The van der Waals surface area contributed by atoms with Crippen molar-refractivity contribution >= 4 is 17.3 Å². The Hall–Kier alpha value is -1.53. The molecule has 2 unspecified atom stereocenters. The Labute approximate surface area is 130 Å². The second kappa shape index (κ2) is 6.95. The van der Waals surface area contributed by atoms with Gasteiger partial charge in [0.1, 0.15) is 11.5 Å². The highest BCUT2D eigenvalue weighted by molar-refractivity contribution is 7.80. The third-order valence-electron chi connectivity index (χ3n) is 3.74. The molecule has 3 N–H and O–H groups in total. The highest BCUT2D eigenvalue weighted by atomic mass is 32.1. The molecule has 6 heteroatoms. The molecule has 116 valence electrons. The maximum absolute atomic E-state index is 10.4. The highest BCUT2D eigenvalue weighted by Gasteiger charge is 2.31. The summed E-state index contributed by atoms with van der Waals surface area (Å²) in [6.07, 6.45) is 0.639. The molecular weight excluding hydrogens is 288 g/mol. The minimum absolute atomic E-state index is 0.134. The van der Waals surface area contributed by atoms with Crippen LogP contribution in [0.4, 0.5) is 0 Å². The Morgan fingerprint density at radius 3 is 2.33 bits per heavy atom. The van der Waals surface area contributed by atoms with Crippen molar-refractivity contribution in [3.63, 3.8) is 0 Å². The normalized spacial score (nSPS) is 20.4. The van der Waals surface area contributed by atoms with Gasteiger partial charge < -0.3 is 25.2 Å².